The fourth-order valence-corrected chi connectivity index (χ4v) is 2.80. The van der Waals surface area contributed by atoms with Crippen LogP contribution < -0.4 is 5.32 Å². The van der Waals surface area contributed by atoms with Gasteiger partial charge in [-0.1, -0.05) is 6.92 Å². The molecule has 2 aliphatic heterocycles. The van der Waals surface area contributed by atoms with Crippen LogP contribution in [0, 0.1) is 5.92 Å². The first-order valence-corrected chi connectivity index (χ1v) is 6.01. The molecule has 1 saturated heterocycles. The maximum atomic E-state index is 4.36. The molecule has 0 aliphatic carbocycles. The van der Waals surface area contributed by atoms with Crippen molar-refractivity contribution in [1.29, 1.82) is 0 Å². The van der Waals surface area contributed by atoms with Crippen LogP contribution >= 0.6 is 0 Å². The van der Waals surface area contributed by atoms with Gasteiger partial charge in [0.1, 0.15) is 11.6 Å². The van der Waals surface area contributed by atoms with Gasteiger partial charge >= 0.3 is 0 Å². The summed E-state index contributed by atoms with van der Waals surface area (Å²) in [7, 11) is 0. The topological polar surface area (TPSA) is 42.7 Å². The number of nitrogens with one attached hydrogen (secondary N) is 1. The lowest BCUT2D eigenvalue weighted by atomic mass is 9.92. The van der Waals surface area contributed by atoms with Crippen molar-refractivity contribution in [1.82, 2.24) is 20.1 Å². The van der Waals surface area contributed by atoms with Gasteiger partial charge in [-0.15, -0.1) is 10.2 Å². The van der Waals surface area contributed by atoms with Gasteiger partial charge in [0.15, 0.2) is 0 Å². The number of piperidine rings is 1. The van der Waals surface area contributed by atoms with Crippen LogP contribution in [-0.2, 0) is 13.0 Å². The Kier molecular flexibility index (Phi) is 2.24. The monoisotopic (exact) mass is 206 g/mol. The van der Waals surface area contributed by atoms with Crippen LogP contribution in [0.4, 0.5) is 0 Å². The standard InChI is InChI=1S/C11H18N4/c1-8-4-2-6-12-10(8)11-14-13-9-5-3-7-15(9)11/h8,10,12H,2-7H2,1H3. The molecule has 0 spiro atoms. The zero-order valence-electron chi connectivity index (χ0n) is 9.24. The van der Waals surface area contributed by atoms with E-state index in [-0.39, 0.29) is 0 Å². The van der Waals surface area contributed by atoms with Crippen LogP contribution in [0.15, 0.2) is 0 Å². The van der Waals surface area contributed by atoms with E-state index in [0.29, 0.717) is 12.0 Å². The number of rotatable bonds is 1. The van der Waals surface area contributed by atoms with Crippen LogP contribution in [-0.4, -0.2) is 21.3 Å². The number of aryl methyl sites for hydroxylation is 1. The highest BCUT2D eigenvalue weighted by Gasteiger charge is 2.29. The summed E-state index contributed by atoms with van der Waals surface area (Å²) in [4.78, 5) is 0. The Morgan fingerprint density at radius 2 is 2.27 bits per heavy atom. The average Bonchev–Trinajstić information content (AvgIpc) is 2.80. The van der Waals surface area contributed by atoms with Gasteiger partial charge in [-0.3, -0.25) is 0 Å². The number of hydrogen-bond acceptors (Lipinski definition) is 3. The van der Waals surface area contributed by atoms with E-state index >= 15 is 0 Å². The highest BCUT2D eigenvalue weighted by atomic mass is 15.3. The molecule has 1 aromatic rings. The second-order valence-electron chi connectivity index (χ2n) is 4.78. The van der Waals surface area contributed by atoms with Gasteiger partial charge < -0.3 is 9.88 Å². The second-order valence-corrected chi connectivity index (χ2v) is 4.78. The summed E-state index contributed by atoms with van der Waals surface area (Å²) in [5, 5.41) is 12.2. The zero-order chi connectivity index (χ0) is 10.3. The van der Waals surface area contributed by atoms with Crippen molar-refractivity contribution in [2.24, 2.45) is 5.92 Å². The summed E-state index contributed by atoms with van der Waals surface area (Å²) < 4.78 is 2.32. The third-order valence-corrected chi connectivity index (χ3v) is 3.69. The van der Waals surface area contributed by atoms with E-state index < -0.39 is 0 Å². The smallest absolute Gasteiger partial charge is 0.150 e. The largest absolute Gasteiger partial charge is 0.314 e. The van der Waals surface area contributed by atoms with Crippen molar-refractivity contribution in [3.63, 3.8) is 0 Å². The molecule has 82 valence electrons. The first-order valence-electron chi connectivity index (χ1n) is 6.01. The van der Waals surface area contributed by atoms with E-state index in [1.165, 1.54) is 30.9 Å². The highest BCUT2D eigenvalue weighted by molar-refractivity contribution is 5.06. The summed E-state index contributed by atoms with van der Waals surface area (Å²) in [6.07, 6.45) is 4.94. The lowest BCUT2D eigenvalue weighted by Gasteiger charge is -2.29. The van der Waals surface area contributed by atoms with E-state index in [1.807, 2.05) is 0 Å². The molecule has 1 aromatic heterocycles. The fraction of sp³-hybridized carbons (Fsp3) is 0.818. The highest BCUT2D eigenvalue weighted by Crippen LogP contribution is 2.29. The molecule has 2 aliphatic rings. The number of aromatic nitrogens is 3. The SMILES string of the molecule is CC1CCCNC1c1nnc2n1CCC2. The molecule has 0 bridgehead atoms. The van der Waals surface area contributed by atoms with E-state index in [4.69, 9.17) is 0 Å². The molecule has 1 N–H and O–H groups in total. The van der Waals surface area contributed by atoms with Gasteiger partial charge in [0, 0.05) is 13.0 Å². The van der Waals surface area contributed by atoms with Gasteiger partial charge in [0.2, 0.25) is 0 Å². The Morgan fingerprint density at radius 1 is 1.33 bits per heavy atom. The lowest BCUT2D eigenvalue weighted by Crippen LogP contribution is -2.34. The molecule has 4 heteroatoms. The second kappa shape index (κ2) is 3.59. The molecular formula is C11H18N4. The third-order valence-electron chi connectivity index (χ3n) is 3.69. The molecular weight excluding hydrogens is 188 g/mol. The molecule has 3 heterocycles. The number of hydrogen-bond donors (Lipinski definition) is 1. The first kappa shape index (κ1) is 9.33. The van der Waals surface area contributed by atoms with Gasteiger partial charge in [-0.2, -0.15) is 0 Å². The quantitative estimate of drug-likeness (QED) is 0.752. The van der Waals surface area contributed by atoms with Crippen LogP contribution in [0.1, 0.15) is 43.9 Å². The molecule has 1 fully saturated rings. The third kappa shape index (κ3) is 1.47. The van der Waals surface area contributed by atoms with Crippen molar-refractivity contribution >= 4 is 0 Å². The fourth-order valence-electron chi connectivity index (χ4n) is 2.80. The van der Waals surface area contributed by atoms with Crippen molar-refractivity contribution in [3.05, 3.63) is 11.6 Å². The minimum Gasteiger partial charge on any atom is -0.314 e. The van der Waals surface area contributed by atoms with Crippen molar-refractivity contribution in [3.8, 4) is 0 Å². The van der Waals surface area contributed by atoms with Crippen molar-refractivity contribution in [2.75, 3.05) is 6.54 Å². The Balaban J connectivity index is 1.91. The van der Waals surface area contributed by atoms with Gasteiger partial charge in [0.25, 0.3) is 0 Å². The van der Waals surface area contributed by atoms with E-state index in [2.05, 4.69) is 27.0 Å². The predicted octanol–water partition coefficient (Wildman–Crippen LogP) is 1.28. The lowest BCUT2D eigenvalue weighted by molar-refractivity contribution is 0.288. The predicted molar refractivity (Wildman–Crippen MR) is 57.5 cm³/mol. The van der Waals surface area contributed by atoms with E-state index in [0.717, 1.165) is 19.5 Å². The van der Waals surface area contributed by atoms with Gasteiger partial charge in [-0.25, -0.2) is 0 Å². The Labute approximate surface area is 90.1 Å². The molecule has 15 heavy (non-hydrogen) atoms. The molecule has 0 aromatic carbocycles. The van der Waals surface area contributed by atoms with Crippen molar-refractivity contribution < 1.29 is 0 Å². The summed E-state index contributed by atoms with van der Waals surface area (Å²) in [6, 6.07) is 0.429. The Hall–Kier alpha value is -0.900. The van der Waals surface area contributed by atoms with Crippen LogP contribution in [0.3, 0.4) is 0 Å². The number of fused-ring (bicyclic) bond motifs is 1. The van der Waals surface area contributed by atoms with Crippen LogP contribution in [0.5, 0.6) is 0 Å². The molecule has 3 rings (SSSR count). The maximum absolute atomic E-state index is 4.36. The van der Waals surface area contributed by atoms with E-state index in [9.17, 15) is 0 Å². The first-order chi connectivity index (χ1) is 7.36. The minimum atomic E-state index is 0.429. The van der Waals surface area contributed by atoms with E-state index in [1.54, 1.807) is 0 Å². The zero-order valence-corrected chi connectivity index (χ0v) is 9.24. The molecule has 0 amide bonds. The van der Waals surface area contributed by atoms with Gasteiger partial charge in [-0.05, 0) is 31.7 Å². The van der Waals surface area contributed by atoms with Crippen molar-refractivity contribution in [2.45, 2.75) is 45.2 Å². The summed E-state index contributed by atoms with van der Waals surface area (Å²) in [5.41, 5.74) is 0. The molecule has 0 radical (unpaired) electrons. The average molecular weight is 206 g/mol. The van der Waals surface area contributed by atoms with Gasteiger partial charge in [0.05, 0.1) is 6.04 Å². The molecule has 2 unspecified atom stereocenters. The summed E-state index contributed by atoms with van der Waals surface area (Å²) in [6.45, 7) is 4.55. The minimum absolute atomic E-state index is 0.429. The summed E-state index contributed by atoms with van der Waals surface area (Å²) >= 11 is 0. The maximum Gasteiger partial charge on any atom is 0.150 e. The molecule has 0 saturated carbocycles. The molecule has 4 nitrogen and oxygen atoms in total. The molecule has 2 atom stereocenters. The number of nitrogens with zero attached hydrogens (tertiary/aromatic N) is 3. The van der Waals surface area contributed by atoms with Crippen LogP contribution in [0.2, 0.25) is 0 Å². The Bertz CT molecular complexity index is 357. The normalized spacial score (nSPS) is 30.5. The Morgan fingerprint density at radius 3 is 3.13 bits per heavy atom. The van der Waals surface area contributed by atoms with Crippen LogP contribution in [0.25, 0.3) is 0 Å². The summed E-state index contributed by atoms with van der Waals surface area (Å²) in [5.74, 6) is 3.05.